The molecule has 1 amide bonds. The van der Waals surface area contributed by atoms with Gasteiger partial charge in [-0.05, 0) is 20.4 Å². The van der Waals surface area contributed by atoms with Crippen LogP contribution in [0.15, 0.2) is 0 Å². The predicted molar refractivity (Wildman–Crippen MR) is 62.2 cm³/mol. The second-order valence-corrected chi connectivity index (χ2v) is 4.08. The normalized spacial score (nSPS) is 14.2. The highest BCUT2D eigenvalue weighted by atomic mass is 16.4. The molecular formula is C11H22N2O3. The lowest BCUT2D eigenvalue weighted by molar-refractivity contribution is -0.147. The third kappa shape index (κ3) is 4.61. The lowest BCUT2D eigenvalue weighted by Crippen LogP contribution is -2.46. The molecule has 0 aliphatic carbocycles. The Labute approximate surface area is 96.8 Å². The van der Waals surface area contributed by atoms with Crippen molar-refractivity contribution in [2.75, 3.05) is 20.1 Å². The molecule has 0 radical (unpaired) electrons. The van der Waals surface area contributed by atoms with Gasteiger partial charge in [-0.3, -0.25) is 9.59 Å². The van der Waals surface area contributed by atoms with Crippen molar-refractivity contribution in [3.63, 3.8) is 0 Å². The van der Waals surface area contributed by atoms with Crippen LogP contribution in [0.3, 0.4) is 0 Å². The van der Waals surface area contributed by atoms with Gasteiger partial charge in [-0.15, -0.1) is 0 Å². The van der Waals surface area contributed by atoms with E-state index in [9.17, 15) is 9.59 Å². The van der Waals surface area contributed by atoms with E-state index >= 15 is 0 Å². The Morgan fingerprint density at radius 3 is 2.31 bits per heavy atom. The Bertz CT molecular complexity index is 243. The number of carbonyl (C=O) groups is 2. The van der Waals surface area contributed by atoms with Crippen molar-refractivity contribution >= 4 is 11.9 Å². The number of nitrogens with zero attached hydrogens (tertiary/aromatic N) is 1. The smallest absolute Gasteiger partial charge is 0.323 e. The molecule has 0 aliphatic rings. The monoisotopic (exact) mass is 230 g/mol. The molecule has 5 heteroatoms. The third-order valence-electron chi connectivity index (χ3n) is 2.64. The third-order valence-corrected chi connectivity index (χ3v) is 2.64. The van der Waals surface area contributed by atoms with E-state index in [4.69, 9.17) is 5.11 Å². The van der Waals surface area contributed by atoms with E-state index in [2.05, 4.69) is 5.32 Å². The lowest BCUT2D eigenvalue weighted by Gasteiger charge is -2.29. The van der Waals surface area contributed by atoms with E-state index in [1.54, 1.807) is 14.0 Å². The first kappa shape index (κ1) is 14.9. The van der Waals surface area contributed by atoms with Crippen molar-refractivity contribution in [2.45, 2.75) is 33.2 Å². The first-order valence-corrected chi connectivity index (χ1v) is 5.60. The molecule has 0 aliphatic heterocycles. The molecule has 0 aromatic carbocycles. The van der Waals surface area contributed by atoms with Gasteiger partial charge in [0.25, 0.3) is 0 Å². The highest BCUT2D eigenvalue weighted by molar-refractivity contribution is 5.83. The molecule has 0 heterocycles. The maximum absolute atomic E-state index is 12.0. The zero-order valence-corrected chi connectivity index (χ0v) is 10.5. The fraction of sp³-hybridized carbons (Fsp3) is 0.818. The summed E-state index contributed by atoms with van der Waals surface area (Å²) in [6.07, 6.45) is 0.755. The van der Waals surface area contributed by atoms with Gasteiger partial charge in [0.1, 0.15) is 6.54 Å². The molecule has 16 heavy (non-hydrogen) atoms. The zero-order valence-electron chi connectivity index (χ0n) is 10.5. The molecular weight excluding hydrogens is 208 g/mol. The molecule has 0 fully saturated rings. The molecule has 0 saturated heterocycles. The fourth-order valence-electron chi connectivity index (χ4n) is 1.49. The topological polar surface area (TPSA) is 69.6 Å². The van der Waals surface area contributed by atoms with Crippen molar-refractivity contribution in [1.29, 1.82) is 0 Å². The Kier molecular flexibility index (Phi) is 6.72. The largest absolute Gasteiger partial charge is 0.480 e. The number of carboxylic acids is 1. The molecule has 2 N–H and O–H groups in total. The molecule has 0 bridgehead atoms. The number of aliphatic carboxylic acids is 1. The number of amides is 1. The lowest BCUT2D eigenvalue weighted by atomic mass is 10.1. The second-order valence-electron chi connectivity index (χ2n) is 4.08. The zero-order chi connectivity index (χ0) is 12.7. The number of carboxylic acid groups (broad SMARTS) is 1. The molecule has 0 aromatic heterocycles. The van der Waals surface area contributed by atoms with Crippen molar-refractivity contribution in [3.05, 3.63) is 0 Å². The molecule has 0 aromatic rings. The van der Waals surface area contributed by atoms with Gasteiger partial charge < -0.3 is 15.3 Å². The van der Waals surface area contributed by atoms with Crippen LogP contribution in [0.4, 0.5) is 0 Å². The minimum atomic E-state index is -0.967. The van der Waals surface area contributed by atoms with E-state index in [-0.39, 0.29) is 24.4 Å². The van der Waals surface area contributed by atoms with Crippen LogP contribution in [0.5, 0.6) is 0 Å². The van der Waals surface area contributed by atoms with Crippen molar-refractivity contribution in [1.82, 2.24) is 10.2 Å². The first-order valence-electron chi connectivity index (χ1n) is 5.60. The minimum absolute atomic E-state index is 0.0390. The van der Waals surface area contributed by atoms with E-state index in [1.807, 2.05) is 13.8 Å². The van der Waals surface area contributed by atoms with Crippen LogP contribution < -0.4 is 5.32 Å². The van der Waals surface area contributed by atoms with Crippen molar-refractivity contribution in [2.24, 2.45) is 5.92 Å². The van der Waals surface area contributed by atoms with Crippen LogP contribution in [0.2, 0.25) is 0 Å². The maximum Gasteiger partial charge on any atom is 0.323 e. The summed E-state index contributed by atoms with van der Waals surface area (Å²) in [5, 5.41) is 11.7. The van der Waals surface area contributed by atoms with Crippen LogP contribution >= 0.6 is 0 Å². The molecule has 0 spiro atoms. The number of hydrogen-bond donors (Lipinski definition) is 2. The van der Waals surface area contributed by atoms with Gasteiger partial charge in [-0.25, -0.2) is 0 Å². The summed E-state index contributed by atoms with van der Waals surface area (Å²) in [4.78, 5) is 24.1. The Balaban J connectivity index is 4.61. The predicted octanol–water partition coefficient (Wildman–Crippen LogP) is 0.554. The van der Waals surface area contributed by atoms with Crippen LogP contribution in [-0.4, -0.2) is 48.1 Å². The number of rotatable bonds is 7. The van der Waals surface area contributed by atoms with Crippen LogP contribution in [0, 0.1) is 5.92 Å². The average molecular weight is 230 g/mol. The summed E-state index contributed by atoms with van der Waals surface area (Å²) in [5.74, 6) is -1.27. The SMILES string of the molecule is CCC(C)N(CC(=O)O)C(=O)C(C)CNC. The summed E-state index contributed by atoms with van der Waals surface area (Å²) in [7, 11) is 1.77. The highest BCUT2D eigenvalue weighted by Gasteiger charge is 2.25. The quantitative estimate of drug-likeness (QED) is 0.670. The number of hydrogen-bond acceptors (Lipinski definition) is 3. The second kappa shape index (κ2) is 7.22. The van der Waals surface area contributed by atoms with Gasteiger partial charge >= 0.3 is 5.97 Å². The molecule has 5 nitrogen and oxygen atoms in total. The van der Waals surface area contributed by atoms with Gasteiger partial charge in [-0.2, -0.15) is 0 Å². The minimum Gasteiger partial charge on any atom is -0.480 e. The van der Waals surface area contributed by atoms with Gasteiger partial charge in [0, 0.05) is 18.5 Å². The van der Waals surface area contributed by atoms with E-state index < -0.39 is 5.97 Å². The van der Waals surface area contributed by atoms with Crippen LogP contribution in [0.1, 0.15) is 27.2 Å². The molecule has 0 rings (SSSR count). The average Bonchev–Trinajstić information content (AvgIpc) is 2.24. The summed E-state index contributed by atoms with van der Waals surface area (Å²) >= 11 is 0. The Morgan fingerprint density at radius 2 is 1.94 bits per heavy atom. The van der Waals surface area contributed by atoms with Crippen LogP contribution in [0.25, 0.3) is 0 Å². The van der Waals surface area contributed by atoms with E-state index in [1.165, 1.54) is 4.90 Å². The van der Waals surface area contributed by atoms with Crippen molar-refractivity contribution in [3.8, 4) is 0 Å². The summed E-state index contributed by atoms with van der Waals surface area (Å²) in [6, 6.07) is -0.0390. The number of nitrogens with one attached hydrogen (secondary N) is 1. The standard InChI is InChI=1S/C11H22N2O3/c1-5-9(3)13(7-10(14)15)11(16)8(2)6-12-4/h8-9,12H,5-7H2,1-4H3,(H,14,15). The summed E-state index contributed by atoms with van der Waals surface area (Å²) in [5.41, 5.74) is 0. The fourth-order valence-corrected chi connectivity index (χ4v) is 1.49. The molecule has 2 atom stereocenters. The van der Waals surface area contributed by atoms with Gasteiger partial charge in [-0.1, -0.05) is 13.8 Å². The highest BCUT2D eigenvalue weighted by Crippen LogP contribution is 2.09. The Hall–Kier alpha value is -1.10. The molecule has 0 saturated carbocycles. The van der Waals surface area contributed by atoms with E-state index in [0.29, 0.717) is 6.54 Å². The van der Waals surface area contributed by atoms with Crippen molar-refractivity contribution < 1.29 is 14.7 Å². The molecule has 94 valence electrons. The van der Waals surface area contributed by atoms with Crippen LogP contribution in [-0.2, 0) is 9.59 Å². The van der Waals surface area contributed by atoms with Gasteiger partial charge in [0.05, 0.1) is 0 Å². The van der Waals surface area contributed by atoms with Gasteiger partial charge in [0.2, 0.25) is 5.91 Å². The van der Waals surface area contributed by atoms with Gasteiger partial charge in [0.15, 0.2) is 0 Å². The summed E-state index contributed by atoms with van der Waals surface area (Å²) < 4.78 is 0. The Morgan fingerprint density at radius 1 is 1.38 bits per heavy atom. The number of carbonyl (C=O) groups excluding carboxylic acids is 1. The van der Waals surface area contributed by atoms with E-state index in [0.717, 1.165) is 6.42 Å². The first-order chi connectivity index (χ1) is 7.43. The maximum atomic E-state index is 12.0. The summed E-state index contributed by atoms with van der Waals surface area (Å²) in [6.45, 7) is 5.95. The molecule has 2 unspecified atom stereocenters.